The van der Waals surface area contributed by atoms with E-state index in [1.165, 1.54) is 32.1 Å². The van der Waals surface area contributed by atoms with E-state index in [1.54, 1.807) is 7.11 Å². The zero-order chi connectivity index (χ0) is 17.0. The van der Waals surface area contributed by atoms with Gasteiger partial charge in [-0.1, -0.05) is 50.5 Å². The number of ether oxygens (including phenoxy) is 2. The molecule has 0 aliphatic carbocycles. The van der Waals surface area contributed by atoms with Gasteiger partial charge in [0.1, 0.15) is 6.79 Å². The standard InChI is InChI=1S/C19H39BrO2/c1-15(8-7-9-22-14-21-6)10-16(2)11-17(3)12-18(4)13-19(5)20/h15-19H,7-14H2,1-6H3. The second kappa shape index (κ2) is 13.8. The van der Waals surface area contributed by atoms with Crippen LogP contribution in [-0.4, -0.2) is 25.3 Å². The Hall–Kier alpha value is 0.400. The van der Waals surface area contributed by atoms with Crippen LogP contribution in [0.25, 0.3) is 0 Å². The fraction of sp³-hybridized carbons (Fsp3) is 1.00. The molecule has 0 radical (unpaired) electrons. The van der Waals surface area contributed by atoms with E-state index in [-0.39, 0.29) is 0 Å². The minimum Gasteiger partial charge on any atom is -0.359 e. The number of hydrogen-bond acceptors (Lipinski definition) is 2. The fourth-order valence-electron chi connectivity index (χ4n) is 3.70. The molecule has 2 nitrogen and oxygen atoms in total. The molecule has 5 atom stereocenters. The van der Waals surface area contributed by atoms with E-state index in [2.05, 4.69) is 50.5 Å². The minimum absolute atomic E-state index is 0.424. The molecule has 0 rings (SSSR count). The molecule has 22 heavy (non-hydrogen) atoms. The molecule has 0 bridgehead atoms. The molecule has 3 heteroatoms. The summed E-state index contributed by atoms with van der Waals surface area (Å²) in [5.74, 6) is 3.30. The summed E-state index contributed by atoms with van der Waals surface area (Å²) < 4.78 is 10.2. The third-order valence-electron chi connectivity index (χ3n) is 4.33. The van der Waals surface area contributed by atoms with Crippen molar-refractivity contribution in [2.24, 2.45) is 23.7 Å². The van der Waals surface area contributed by atoms with Crippen LogP contribution >= 0.6 is 15.9 Å². The molecule has 0 N–H and O–H groups in total. The Morgan fingerprint density at radius 3 is 1.77 bits per heavy atom. The van der Waals surface area contributed by atoms with Gasteiger partial charge in [0.2, 0.25) is 0 Å². The molecule has 0 fully saturated rings. The van der Waals surface area contributed by atoms with Crippen LogP contribution in [0.3, 0.4) is 0 Å². The summed E-state index contributed by atoms with van der Waals surface area (Å²) in [5, 5.41) is 0. The van der Waals surface area contributed by atoms with Gasteiger partial charge >= 0.3 is 0 Å². The van der Waals surface area contributed by atoms with Crippen molar-refractivity contribution in [1.82, 2.24) is 0 Å². The molecule has 0 aromatic heterocycles. The maximum absolute atomic E-state index is 5.35. The molecular formula is C19H39BrO2. The SMILES string of the molecule is COCOCCCC(C)CC(C)CC(C)CC(C)CC(C)Br. The van der Waals surface area contributed by atoms with E-state index < -0.39 is 0 Å². The van der Waals surface area contributed by atoms with Gasteiger partial charge in [0.15, 0.2) is 0 Å². The van der Waals surface area contributed by atoms with Gasteiger partial charge in [-0.2, -0.15) is 0 Å². The van der Waals surface area contributed by atoms with E-state index in [4.69, 9.17) is 9.47 Å². The highest BCUT2D eigenvalue weighted by Gasteiger charge is 2.15. The smallest absolute Gasteiger partial charge is 0.146 e. The highest BCUT2D eigenvalue weighted by atomic mass is 79.9. The molecule has 0 amide bonds. The van der Waals surface area contributed by atoms with E-state index >= 15 is 0 Å². The van der Waals surface area contributed by atoms with Crippen molar-refractivity contribution in [2.75, 3.05) is 20.5 Å². The topological polar surface area (TPSA) is 18.5 Å². The molecule has 0 saturated heterocycles. The van der Waals surface area contributed by atoms with Crippen LogP contribution in [0.2, 0.25) is 0 Å². The Morgan fingerprint density at radius 2 is 1.27 bits per heavy atom. The van der Waals surface area contributed by atoms with E-state index in [0.29, 0.717) is 11.6 Å². The molecule has 5 unspecified atom stereocenters. The Kier molecular flexibility index (Phi) is 14.1. The lowest BCUT2D eigenvalue weighted by atomic mass is 9.84. The van der Waals surface area contributed by atoms with E-state index in [9.17, 15) is 0 Å². The summed E-state index contributed by atoms with van der Waals surface area (Å²) in [5.41, 5.74) is 0. The first kappa shape index (κ1) is 22.4. The zero-order valence-corrected chi connectivity index (χ0v) is 17.3. The van der Waals surface area contributed by atoms with Gasteiger partial charge in [-0.15, -0.1) is 0 Å². The largest absolute Gasteiger partial charge is 0.359 e. The van der Waals surface area contributed by atoms with Gasteiger partial charge in [0.05, 0.1) is 0 Å². The van der Waals surface area contributed by atoms with Crippen molar-refractivity contribution in [3.05, 3.63) is 0 Å². The van der Waals surface area contributed by atoms with Gasteiger partial charge in [-0.25, -0.2) is 0 Å². The molecule has 0 aromatic carbocycles. The average Bonchev–Trinajstić information content (AvgIpc) is 2.36. The number of methoxy groups -OCH3 is 1. The molecule has 134 valence electrons. The highest BCUT2D eigenvalue weighted by molar-refractivity contribution is 9.09. The zero-order valence-electron chi connectivity index (χ0n) is 15.7. The lowest BCUT2D eigenvalue weighted by molar-refractivity contribution is -0.0323. The van der Waals surface area contributed by atoms with Crippen molar-refractivity contribution < 1.29 is 9.47 Å². The van der Waals surface area contributed by atoms with Crippen LogP contribution in [0.4, 0.5) is 0 Å². The molecular weight excluding hydrogens is 340 g/mol. The van der Waals surface area contributed by atoms with Crippen LogP contribution in [0, 0.1) is 23.7 Å². The molecule has 0 aliphatic rings. The fourth-order valence-corrected chi connectivity index (χ4v) is 4.34. The summed E-state index contributed by atoms with van der Waals surface area (Å²) in [6.45, 7) is 13.1. The molecule has 0 saturated carbocycles. The van der Waals surface area contributed by atoms with E-state index in [0.717, 1.165) is 36.7 Å². The van der Waals surface area contributed by atoms with Gasteiger partial charge < -0.3 is 9.47 Å². The molecule has 0 aliphatic heterocycles. The van der Waals surface area contributed by atoms with E-state index in [1.807, 2.05) is 0 Å². The van der Waals surface area contributed by atoms with Gasteiger partial charge in [-0.3, -0.25) is 0 Å². The molecule has 0 heterocycles. The van der Waals surface area contributed by atoms with Crippen LogP contribution in [0.15, 0.2) is 0 Å². The predicted molar refractivity (Wildman–Crippen MR) is 101 cm³/mol. The second-order valence-electron chi connectivity index (χ2n) is 7.60. The van der Waals surface area contributed by atoms with Crippen LogP contribution in [-0.2, 0) is 9.47 Å². The Labute approximate surface area is 147 Å². The maximum Gasteiger partial charge on any atom is 0.146 e. The molecule has 0 spiro atoms. The monoisotopic (exact) mass is 378 g/mol. The normalized spacial score (nSPS) is 18.7. The summed E-state index contributed by atoms with van der Waals surface area (Å²) in [6, 6.07) is 0. The second-order valence-corrected chi connectivity index (χ2v) is 9.16. The van der Waals surface area contributed by atoms with Crippen LogP contribution < -0.4 is 0 Å². The average molecular weight is 379 g/mol. The number of halogens is 1. The van der Waals surface area contributed by atoms with Crippen molar-refractivity contribution in [2.45, 2.75) is 78.0 Å². The first-order chi connectivity index (χ1) is 10.3. The first-order valence-corrected chi connectivity index (χ1v) is 9.97. The third kappa shape index (κ3) is 14.0. The number of rotatable bonds is 14. The van der Waals surface area contributed by atoms with Crippen molar-refractivity contribution in [3.63, 3.8) is 0 Å². The lowest BCUT2D eigenvalue weighted by Crippen LogP contribution is -2.12. The number of alkyl halides is 1. The Morgan fingerprint density at radius 1 is 0.773 bits per heavy atom. The van der Waals surface area contributed by atoms with Gasteiger partial charge in [-0.05, 0) is 62.2 Å². The number of hydrogen-bond donors (Lipinski definition) is 0. The van der Waals surface area contributed by atoms with Crippen molar-refractivity contribution in [3.8, 4) is 0 Å². The summed E-state index contributed by atoms with van der Waals surface area (Å²) >= 11 is 3.67. The Balaban J connectivity index is 3.75. The van der Waals surface area contributed by atoms with Crippen molar-refractivity contribution >= 4 is 15.9 Å². The minimum atomic E-state index is 0.424. The first-order valence-electron chi connectivity index (χ1n) is 9.05. The summed E-state index contributed by atoms with van der Waals surface area (Å²) in [4.78, 5) is 0.646. The van der Waals surface area contributed by atoms with Crippen molar-refractivity contribution in [1.29, 1.82) is 0 Å². The Bertz CT molecular complexity index is 246. The quantitative estimate of drug-likeness (QED) is 0.201. The van der Waals surface area contributed by atoms with Crippen LogP contribution in [0.1, 0.15) is 73.1 Å². The van der Waals surface area contributed by atoms with Gasteiger partial charge in [0.25, 0.3) is 0 Å². The maximum atomic E-state index is 5.35. The van der Waals surface area contributed by atoms with Crippen LogP contribution in [0.5, 0.6) is 0 Å². The van der Waals surface area contributed by atoms with Gasteiger partial charge in [0, 0.05) is 18.5 Å². The third-order valence-corrected chi connectivity index (χ3v) is 4.70. The summed E-state index contributed by atoms with van der Waals surface area (Å²) in [7, 11) is 1.67. The lowest BCUT2D eigenvalue weighted by Gasteiger charge is -2.23. The summed E-state index contributed by atoms with van der Waals surface area (Å²) in [6.07, 6.45) is 7.77. The predicted octanol–water partition coefficient (Wildman–Crippen LogP) is 6.28. The molecule has 0 aromatic rings. The highest BCUT2D eigenvalue weighted by Crippen LogP contribution is 2.27.